The van der Waals surface area contributed by atoms with E-state index < -0.39 is 30.9 Å². The van der Waals surface area contributed by atoms with Gasteiger partial charge in [-0.1, -0.05) is 38.3 Å². The minimum atomic E-state index is -5.98. The first-order valence-corrected chi connectivity index (χ1v) is 14.2. The predicted molar refractivity (Wildman–Crippen MR) is 130 cm³/mol. The highest BCUT2D eigenvalue weighted by molar-refractivity contribution is 5.66. The molecular formula is C29H41F7O2. The molecule has 0 radical (unpaired) electrons. The lowest BCUT2D eigenvalue weighted by molar-refractivity contribution is -0.343. The molecule has 7 atom stereocenters. The standard InChI is InChI=1S/C29H41F7O2/c1-17(6-5-13-27(30,28(31,32)33)29(34,35)36)22-9-10-23-21-8-7-19-16-20(38-18(2)37)11-14-25(19,3)24(21)12-15-26(22,23)4/h17,19-20,22,24H,5-16H2,1-4H3/t17-,19+,20+,22-,24+,25+,26-/m1/s1. The van der Waals surface area contributed by atoms with Crippen LogP contribution in [0.4, 0.5) is 30.7 Å². The molecule has 9 heteroatoms. The third kappa shape index (κ3) is 4.90. The first-order chi connectivity index (χ1) is 17.4. The van der Waals surface area contributed by atoms with Gasteiger partial charge in [-0.25, -0.2) is 4.39 Å². The molecule has 2 nitrogen and oxygen atoms in total. The van der Waals surface area contributed by atoms with Crippen LogP contribution in [-0.4, -0.2) is 30.1 Å². The van der Waals surface area contributed by atoms with Crippen molar-refractivity contribution < 1.29 is 40.3 Å². The number of rotatable bonds is 6. The molecule has 0 spiro atoms. The summed E-state index contributed by atoms with van der Waals surface area (Å²) < 4.78 is 97.5. The van der Waals surface area contributed by atoms with Crippen LogP contribution >= 0.6 is 0 Å². The number of fused-ring (bicyclic) bond motifs is 4. The second kappa shape index (κ2) is 9.97. The van der Waals surface area contributed by atoms with Gasteiger partial charge in [0.1, 0.15) is 6.10 Å². The SMILES string of the molecule is CC(=O)O[C@H]1CC[C@@]2(C)[C@@H](CCC3=C4CC[C@H]([C@H](C)CCCC(F)(C(F)(F)F)C(F)(F)F)[C@@]4(C)CC[C@@H]32)C1. The molecule has 3 saturated carbocycles. The van der Waals surface area contributed by atoms with Crippen molar-refractivity contribution in [2.24, 2.45) is 34.5 Å². The van der Waals surface area contributed by atoms with E-state index >= 15 is 0 Å². The molecule has 0 saturated heterocycles. The summed E-state index contributed by atoms with van der Waals surface area (Å²) in [7, 11) is 0. The van der Waals surface area contributed by atoms with Crippen LogP contribution in [0.1, 0.15) is 105 Å². The lowest BCUT2D eigenvalue weighted by Crippen LogP contribution is -2.53. The van der Waals surface area contributed by atoms with E-state index in [0.717, 1.165) is 57.8 Å². The Morgan fingerprint density at radius 1 is 0.974 bits per heavy atom. The van der Waals surface area contributed by atoms with Crippen LogP contribution in [0.3, 0.4) is 0 Å². The van der Waals surface area contributed by atoms with Crippen molar-refractivity contribution in [2.45, 2.75) is 129 Å². The number of halogens is 7. The number of carbonyl (C=O) groups is 1. The second-order valence-electron chi connectivity index (χ2n) is 13.1. The predicted octanol–water partition coefficient (Wildman–Crippen LogP) is 9.28. The van der Waals surface area contributed by atoms with Crippen LogP contribution in [-0.2, 0) is 9.53 Å². The summed E-state index contributed by atoms with van der Waals surface area (Å²) in [6.45, 7) is 7.98. The quantitative estimate of drug-likeness (QED) is 0.186. The van der Waals surface area contributed by atoms with E-state index in [0.29, 0.717) is 11.8 Å². The van der Waals surface area contributed by atoms with Gasteiger partial charge in [-0.05, 0) is 105 Å². The Morgan fingerprint density at radius 3 is 2.24 bits per heavy atom. The normalized spacial score (nSPS) is 36.8. The topological polar surface area (TPSA) is 26.3 Å². The fourth-order valence-electron chi connectivity index (χ4n) is 9.06. The van der Waals surface area contributed by atoms with E-state index in [4.69, 9.17) is 4.74 Å². The molecule has 0 unspecified atom stereocenters. The van der Waals surface area contributed by atoms with Crippen LogP contribution in [0.25, 0.3) is 0 Å². The average molecular weight is 555 g/mol. The van der Waals surface area contributed by atoms with Gasteiger partial charge in [0.15, 0.2) is 0 Å². The van der Waals surface area contributed by atoms with E-state index in [1.807, 2.05) is 6.92 Å². The van der Waals surface area contributed by atoms with Crippen LogP contribution in [0.2, 0.25) is 0 Å². The van der Waals surface area contributed by atoms with E-state index in [1.165, 1.54) is 18.1 Å². The summed E-state index contributed by atoms with van der Waals surface area (Å²) in [5, 5.41) is 0. The van der Waals surface area contributed by atoms with Crippen LogP contribution in [0.5, 0.6) is 0 Å². The minimum Gasteiger partial charge on any atom is -0.463 e. The van der Waals surface area contributed by atoms with E-state index in [9.17, 15) is 35.5 Å². The number of esters is 1. The molecular weight excluding hydrogens is 513 g/mol. The summed E-state index contributed by atoms with van der Waals surface area (Å²) in [5.41, 5.74) is -2.10. The number of ether oxygens (including phenoxy) is 1. The molecule has 0 amide bonds. The highest BCUT2D eigenvalue weighted by atomic mass is 19.4. The maximum atomic E-state index is 14.1. The van der Waals surface area contributed by atoms with E-state index in [2.05, 4.69) is 13.8 Å². The van der Waals surface area contributed by atoms with Crippen LogP contribution in [0.15, 0.2) is 11.1 Å². The Balaban J connectivity index is 1.45. The molecule has 3 fully saturated rings. The summed E-state index contributed by atoms with van der Waals surface area (Å²) in [5.74, 6) is 0.820. The van der Waals surface area contributed by atoms with Crippen LogP contribution < -0.4 is 0 Å². The molecule has 218 valence electrons. The van der Waals surface area contributed by atoms with Crippen molar-refractivity contribution in [1.82, 2.24) is 0 Å². The highest BCUT2D eigenvalue weighted by Crippen LogP contribution is 2.66. The van der Waals surface area contributed by atoms with Crippen molar-refractivity contribution in [3.05, 3.63) is 11.1 Å². The maximum Gasteiger partial charge on any atom is 0.431 e. The number of hydrogen-bond donors (Lipinski definition) is 0. The second-order valence-corrected chi connectivity index (χ2v) is 13.1. The van der Waals surface area contributed by atoms with Gasteiger partial charge in [-0.15, -0.1) is 0 Å². The third-order valence-electron chi connectivity index (χ3n) is 11.1. The molecule has 38 heavy (non-hydrogen) atoms. The Bertz CT molecular complexity index is 924. The monoisotopic (exact) mass is 554 g/mol. The molecule has 0 bridgehead atoms. The third-order valence-corrected chi connectivity index (χ3v) is 11.1. The largest absolute Gasteiger partial charge is 0.463 e. The number of alkyl halides is 7. The van der Waals surface area contributed by atoms with Gasteiger partial charge in [0.2, 0.25) is 0 Å². The summed E-state index contributed by atoms with van der Waals surface area (Å²) >= 11 is 0. The Hall–Kier alpha value is -1.28. The van der Waals surface area contributed by atoms with Gasteiger partial charge in [-0.2, -0.15) is 26.3 Å². The number of hydrogen-bond acceptors (Lipinski definition) is 2. The van der Waals surface area contributed by atoms with Gasteiger partial charge >= 0.3 is 18.3 Å². The van der Waals surface area contributed by atoms with Crippen LogP contribution in [0, 0.1) is 34.5 Å². The Morgan fingerprint density at radius 2 is 1.63 bits per heavy atom. The Labute approximate surface area is 221 Å². The van der Waals surface area contributed by atoms with Gasteiger partial charge in [0, 0.05) is 6.92 Å². The number of carbonyl (C=O) groups excluding carboxylic acids is 1. The van der Waals surface area contributed by atoms with Crippen molar-refractivity contribution in [3.8, 4) is 0 Å². The average Bonchev–Trinajstić information content (AvgIpc) is 3.14. The van der Waals surface area contributed by atoms with Gasteiger partial charge in [0.05, 0.1) is 0 Å². The Kier molecular flexibility index (Phi) is 7.79. The highest BCUT2D eigenvalue weighted by Gasteiger charge is 2.71. The van der Waals surface area contributed by atoms with Gasteiger partial charge in [-0.3, -0.25) is 4.79 Å². The fraction of sp³-hybridized carbons (Fsp3) is 0.897. The van der Waals surface area contributed by atoms with Crippen molar-refractivity contribution in [1.29, 1.82) is 0 Å². The minimum absolute atomic E-state index is 0.0110. The molecule has 0 aromatic carbocycles. The fourth-order valence-corrected chi connectivity index (χ4v) is 9.06. The number of allylic oxidation sites excluding steroid dienone is 2. The van der Waals surface area contributed by atoms with Crippen molar-refractivity contribution in [3.63, 3.8) is 0 Å². The molecule has 4 rings (SSSR count). The summed E-state index contributed by atoms with van der Waals surface area (Å²) in [4.78, 5) is 11.5. The zero-order valence-corrected chi connectivity index (χ0v) is 22.8. The molecule has 0 aromatic rings. The van der Waals surface area contributed by atoms with Gasteiger partial charge in [0.25, 0.3) is 5.67 Å². The van der Waals surface area contributed by atoms with Gasteiger partial charge < -0.3 is 4.74 Å². The molecule has 4 aliphatic carbocycles. The zero-order valence-electron chi connectivity index (χ0n) is 22.8. The molecule has 4 aliphatic rings. The smallest absolute Gasteiger partial charge is 0.431 e. The van der Waals surface area contributed by atoms with E-state index in [-0.39, 0.29) is 41.2 Å². The maximum absolute atomic E-state index is 14.1. The van der Waals surface area contributed by atoms with Crippen molar-refractivity contribution in [2.75, 3.05) is 0 Å². The first kappa shape index (κ1) is 29.7. The van der Waals surface area contributed by atoms with E-state index in [1.54, 1.807) is 0 Å². The summed E-state index contributed by atoms with van der Waals surface area (Å²) in [6, 6.07) is 0. The lowest BCUT2D eigenvalue weighted by atomic mass is 9.49. The first-order valence-electron chi connectivity index (χ1n) is 14.2. The molecule has 0 aromatic heterocycles. The lowest BCUT2D eigenvalue weighted by Gasteiger charge is -2.57. The zero-order chi connectivity index (χ0) is 28.3. The molecule has 0 heterocycles. The molecule has 0 aliphatic heterocycles. The summed E-state index contributed by atoms with van der Waals surface area (Å²) in [6.07, 6.45) is -5.25. The molecule has 0 N–H and O–H groups in total. The van der Waals surface area contributed by atoms with Crippen molar-refractivity contribution >= 4 is 5.97 Å².